The third kappa shape index (κ3) is 3.62. The minimum absolute atomic E-state index is 0.299. The molecule has 0 bridgehead atoms. The summed E-state index contributed by atoms with van der Waals surface area (Å²) in [7, 11) is 0. The Hall–Kier alpha value is -0.717. The van der Waals surface area contributed by atoms with Gasteiger partial charge >= 0.3 is 112 Å². The summed E-state index contributed by atoms with van der Waals surface area (Å²) in [5, 5.41) is 0. The Morgan fingerprint density at radius 2 is 1.29 bits per heavy atom. The standard InChI is InChI=1S/2C6H5.C3H8N.Bi/c2*1-2-4-6-5-3-1;1-3(2)4;/h2*1-5H;3H,1,4H2,2H3;. The van der Waals surface area contributed by atoms with E-state index in [1.807, 2.05) is 0 Å². The second-order valence-corrected chi connectivity index (χ2v) is 13.0. The minimum atomic E-state index is -1.85. The maximum absolute atomic E-state index is 6.02. The molecule has 0 aromatic heterocycles. The van der Waals surface area contributed by atoms with Crippen LogP contribution in [0.15, 0.2) is 60.7 Å². The normalized spacial score (nSPS) is 12.6. The fourth-order valence-corrected chi connectivity index (χ4v) is 11.0. The summed E-state index contributed by atoms with van der Waals surface area (Å²) in [6.07, 6.45) is 0. The molecule has 2 aromatic rings. The SMILES string of the molecule is CC(N)[CH2][Bi]([c]1ccccc1)[c]1ccccc1. The van der Waals surface area contributed by atoms with Gasteiger partial charge in [-0.2, -0.15) is 0 Å². The molecule has 1 nitrogen and oxygen atoms in total. The van der Waals surface area contributed by atoms with E-state index < -0.39 is 21.8 Å². The van der Waals surface area contributed by atoms with E-state index in [0.29, 0.717) is 6.04 Å². The van der Waals surface area contributed by atoms with Crippen LogP contribution in [0.1, 0.15) is 6.92 Å². The van der Waals surface area contributed by atoms with Crippen LogP contribution in [0, 0.1) is 0 Å². The van der Waals surface area contributed by atoms with Gasteiger partial charge in [-0.1, -0.05) is 0 Å². The summed E-state index contributed by atoms with van der Waals surface area (Å²) in [6, 6.07) is 22.1. The summed E-state index contributed by atoms with van der Waals surface area (Å²) in [4.78, 5) is 0. The molecule has 0 amide bonds. The van der Waals surface area contributed by atoms with Crippen molar-refractivity contribution < 1.29 is 0 Å². The molecule has 2 heteroatoms. The molecule has 0 radical (unpaired) electrons. The van der Waals surface area contributed by atoms with Gasteiger partial charge in [-0.25, -0.2) is 0 Å². The fourth-order valence-electron chi connectivity index (χ4n) is 1.86. The molecular formula is C15H18BiN. The van der Waals surface area contributed by atoms with Crippen molar-refractivity contribution in [1.82, 2.24) is 0 Å². The topological polar surface area (TPSA) is 26.0 Å². The van der Waals surface area contributed by atoms with Gasteiger partial charge in [-0.05, 0) is 0 Å². The van der Waals surface area contributed by atoms with Crippen molar-refractivity contribution in [2.45, 2.75) is 17.1 Å². The van der Waals surface area contributed by atoms with Crippen LogP contribution in [-0.2, 0) is 0 Å². The van der Waals surface area contributed by atoms with Gasteiger partial charge < -0.3 is 0 Å². The number of nitrogens with two attached hydrogens (primary N) is 1. The fraction of sp³-hybridized carbons (Fsp3) is 0.200. The van der Waals surface area contributed by atoms with Gasteiger partial charge in [0.05, 0.1) is 0 Å². The molecule has 0 aliphatic carbocycles. The van der Waals surface area contributed by atoms with Crippen molar-refractivity contribution >= 4 is 28.3 Å². The Balaban J connectivity index is 2.32. The van der Waals surface area contributed by atoms with Crippen LogP contribution in [0.4, 0.5) is 0 Å². The Morgan fingerprint density at radius 3 is 1.65 bits per heavy atom. The van der Waals surface area contributed by atoms with Crippen LogP contribution in [0.5, 0.6) is 0 Å². The molecular weight excluding hydrogens is 403 g/mol. The van der Waals surface area contributed by atoms with E-state index >= 15 is 0 Å². The van der Waals surface area contributed by atoms with E-state index in [-0.39, 0.29) is 0 Å². The molecule has 88 valence electrons. The van der Waals surface area contributed by atoms with Crippen LogP contribution in [-0.4, -0.2) is 27.8 Å². The molecule has 1 atom stereocenters. The van der Waals surface area contributed by atoms with Gasteiger partial charge in [0.1, 0.15) is 0 Å². The van der Waals surface area contributed by atoms with Gasteiger partial charge in [0, 0.05) is 0 Å². The Morgan fingerprint density at radius 1 is 0.882 bits per heavy atom. The van der Waals surface area contributed by atoms with E-state index in [0.717, 1.165) is 0 Å². The molecule has 0 heterocycles. The average molecular weight is 421 g/mol. The quantitative estimate of drug-likeness (QED) is 0.747. The first-order valence-corrected chi connectivity index (χ1v) is 11.8. The van der Waals surface area contributed by atoms with Gasteiger partial charge in [0.25, 0.3) is 0 Å². The molecule has 0 spiro atoms. The molecule has 2 aromatic carbocycles. The zero-order valence-corrected chi connectivity index (χ0v) is 13.6. The summed E-state index contributed by atoms with van der Waals surface area (Å²) in [5.74, 6) is 0. The van der Waals surface area contributed by atoms with Gasteiger partial charge in [-0.15, -0.1) is 0 Å². The number of hydrogen-bond acceptors (Lipinski definition) is 1. The Bertz CT molecular complexity index is 399. The number of benzene rings is 2. The van der Waals surface area contributed by atoms with Crippen molar-refractivity contribution in [3.63, 3.8) is 0 Å². The van der Waals surface area contributed by atoms with Crippen LogP contribution in [0.2, 0.25) is 4.13 Å². The van der Waals surface area contributed by atoms with E-state index in [1.54, 1.807) is 6.54 Å². The van der Waals surface area contributed by atoms with Crippen LogP contribution in [0.3, 0.4) is 0 Å². The Kier molecular flexibility index (Phi) is 4.70. The summed E-state index contributed by atoms with van der Waals surface area (Å²) < 4.78 is 4.28. The molecule has 2 N–H and O–H groups in total. The van der Waals surface area contributed by atoms with Crippen molar-refractivity contribution in [1.29, 1.82) is 0 Å². The van der Waals surface area contributed by atoms with E-state index in [1.165, 1.54) is 4.13 Å². The number of hydrogen-bond donors (Lipinski definition) is 1. The second kappa shape index (κ2) is 6.28. The number of rotatable bonds is 4. The summed E-state index contributed by atoms with van der Waals surface area (Å²) >= 11 is -1.85. The van der Waals surface area contributed by atoms with Crippen LogP contribution < -0.4 is 12.3 Å². The Labute approximate surface area is 111 Å². The van der Waals surface area contributed by atoms with Crippen LogP contribution in [0.25, 0.3) is 0 Å². The zero-order chi connectivity index (χ0) is 12.1. The summed E-state index contributed by atoms with van der Waals surface area (Å²) in [5.41, 5.74) is 6.02. The predicted molar refractivity (Wildman–Crippen MR) is 76.4 cm³/mol. The molecule has 17 heavy (non-hydrogen) atoms. The molecule has 1 unspecified atom stereocenters. The molecule has 0 saturated carbocycles. The first-order chi connectivity index (χ1) is 8.27. The first kappa shape index (κ1) is 12.7. The molecule has 0 aliphatic rings. The van der Waals surface area contributed by atoms with Gasteiger partial charge in [-0.3, -0.25) is 0 Å². The third-order valence-electron chi connectivity index (χ3n) is 2.61. The molecule has 2 rings (SSSR count). The van der Waals surface area contributed by atoms with Crippen molar-refractivity contribution in [2.24, 2.45) is 5.73 Å². The van der Waals surface area contributed by atoms with E-state index in [2.05, 4.69) is 67.6 Å². The monoisotopic (exact) mass is 421 g/mol. The second-order valence-electron chi connectivity index (χ2n) is 4.26. The van der Waals surface area contributed by atoms with Gasteiger partial charge in [0.15, 0.2) is 0 Å². The maximum atomic E-state index is 6.02. The van der Waals surface area contributed by atoms with E-state index in [9.17, 15) is 0 Å². The van der Waals surface area contributed by atoms with E-state index in [4.69, 9.17) is 5.73 Å². The van der Waals surface area contributed by atoms with Crippen LogP contribution >= 0.6 is 0 Å². The zero-order valence-electron chi connectivity index (χ0n) is 10.1. The average Bonchev–Trinajstić information content (AvgIpc) is 2.38. The predicted octanol–water partition coefficient (Wildman–Crippen LogP) is 1.64. The van der Waals surface area contributed by atoms with Crippen molar-refractivity contribution in [2.75, 3.05) is 0 Å². The van der Waals surface area contributed by atoms with Crippen molar-refractivity contribution in [3.05, 3.63) is 60.7 Å². The van der Waals surface area contributed by atoms with Crippen molar-refractivity contribution in [3.8, 4) is 0 Å². The molecule has 0 aliphatic heterocycles. The third-order valence-corrected chi connectivity index (χ3v) is 13.4. The summed E-state index contributed by atoms with van der Waals surface area (Å²) in [6.45, 7) is 2.12. The molecule has 0 fully saturated rings. The van der Waals surface area contributed by atoms with Gasteiger partial charge in [0.2, 0.25) is 0 Å². The first-order valence-electron chi connectivity index (χ1n) is 5.90. The molecule has 0 saturated heterocycles.